The van der Waals surface area contributed by atoms with Crippen molar-refractivity contribution >= 4 is 49.9 Å². The third kappa shape index (κ3) is 5.70. The summed E-state index contributed by atoms with van der Waals surface area (Å²) in [7, 11) is -2.76. The Morgan fingerprint density at radius 3 is 2.56 bits per heavy atom. The summed E-state index contributed by atoms with van der Waals surface area (Å²) in [6.07, 6.45) is 1.51. The van der Waals surface area contributed by atoms with E-state index in [2.05, 4.69) is 4.98 Å². The summed E-state index contributed by atoms with van der Waals surface area (Å²) in [5.41, 5.74) is 2.64. The quantitative estimate of drug-likeness (QED) is 0.198. The smallest absolute Gasteiger partial charge is 0.269 e. The number of aryl methyl sites for hydroxylation is 1. The first kappa shape index (κ1) is 26.5. The van der Waals surface area contributed by atoms with Gasteiger partial charge in [-0.1, -0.05) is 48.0 Å². The highest BCUT2D eigenvalue weighted by molar-refractivity contribution is 7.99. The van der Waals surface area contributed by atoms with Crippen LogP contribution in [0, 0.1) is 12.7 Å². The predicted octanol–water partition coefficient (Wildman–Crippen LogP) is 7.50. The Morgan fingerprint density at radius 2 is 1.92 bits per heavy atom. The van der Waals surface area contributed by atoms with E-state index in [1.54, 1.807) is 24.6 Å². The van der Waals surface area contributed by atoms with Gasteiger partial charge in [-0.05, 0) is 54.8 Å². The maximum Gasteiger partial charge on any atom is 0.269 e. The molecule has 0 spiro atoms. The summed E-state index contributed by atoms with van der Waals surface area (Å²) in [6, 6.07) is 17.5. The first-order valence-electron chi connectivity index (χ1n) is 11.0. The molecule has 4 aromatic rings. The van der Waals surface area contributed by atoms with E-state index >= 15 is 4.39 Å². The summed E-state index contributed by atoms with van der Waals surface area (Å²) >= 11 is 9.01. The topological polar surface area (TPSA) is 59.5 Å². The Kier molecular flexibility index (Phi) is 8.24. The van der Waals surface area contributed by atoms with Crippen molar-refractivity contribution in [3.05, 3.63) is 99.8 Å². The van der Waals surface area contributed by atoms with Crippen molar-refractivity contribution in [3.8, 4) is 5.75 Å². The molecule has 36 heavy (non-hydrogen) atoms. The lowest BCUT2D eigenvalue weighted by molar-refractivity contribution is 0.414. The van der Waals surface area contributed by atoms with Crippen LogP contribution in [-0.4, -0.2) is 20.5 Å². The number of thioether (sulfide) groups is 1. The van der Waals surface area contributed by atoms with Crippen molar-refractivity contribution in [3.63, 3.8) is 0 Å². The zero-order valence-corrected chi connectivity index (χ0v) is 23.0. The van der Waals surface area contributed by atoms with E-state index in [9.17, 15) is 8.42 Å². The lowest BCUT2D eigenvalue weighted by Gasteiger charge is -2.23. The van der Waals surface area contributed by atoms with E-state index in [0.717, 1.165) is 32.3 Å². The Labute approximate surface area is 224 Å². The molecule has 0 saturated heterocycles. The molecule has 0 fully saturated rings. The average molecular weight is 563 g/mol. The number of nitrogens with zero attached hydrogens (tertiary/aromatic N) is 2. The molecule has 0 bridgehead atoms. The van der Waals surface area contributed by atoms with E-state index in [1.807, 2.05) is 50.2 Å². The van der Waals surface area contributed by atoms with Crippen LogP contribution in [0.15, 0.2) is 82.0 Å². The lowest BCUT2D eigenvalue weighted by atomic mass is 10.1. The molecule has 188 valence electrons. The fraction of sp³-hybridized carbons (Fsp3) is 0.192. The molecule has 0 saturated carbocycles. The van der Waals surface area contributed by atoms with Crippen LogP contribution in [0.2, 0.25) is 5.02 Å². The molecule has 0 aliphatic carbocycles. The van der Waals surface area contributed by atoms with Crippen molar-refractivity contribution in [1.82, 2.24) is 4.98 Å². The van der Waals surface area contributed by atoms with Gasteiger partial charge < -0.3 is 4.74 Å². The van der Waals surface area contributed by atoms with Gasteiger partial charge in [0.1, 0.15) is 16.5 Å². The first-order valence-corrected chi connectivity index (χ1v) is 14.5. The maximum absolute atomic E-state index is 15.4. The van der Waals surface area contributed by atoms with Gasteiger partial charge >= 0.3 is 0 Å². The molecule has 0 aliphatic heterocycles. The van der Waals surface area contributed by atoms with Crippen molar-refractivity contribution < 1.29 is 17.5 Å². The van der Waals surface area contributed by atoms with E-state index in [0.29, 0.717) is 10.6 Å². The van der Waals surface area contributed by atoms with Gasteiger partial charge in [0.2, 0.25) is 0 Å². The molecule has 4 rings (SSSR count). The molecular weight excluding hydrogens is 539 g/mol. The molecule has 1 heterocycles. The summed E-state index contributed by atoms with van der Waals surface area (Å²) < 4.78 is 49.3. The molecule has 0 unspecified atom stereocenters. The van der Waals surface area contributed by atoms with Crippen molar-refractivity contribution in [2.75, 3.05) is 11.4 Å². The predicted molar refractivity (Wildman–Crippen MR) is 145 cm³/mol. The minimum atomic E-state index is -4.32. The molecule has 3 aromatic carbocycles. The number of halogens is 2. The third-order valence-electron chi connectivity index (χ3n) is 5.62. The molecule has 10 heteroatoms. The number of aromatic nitrogens is 1. The van der Waals surface area contributed by atoms with Gasteiger partial charge in [-0.25, -0.2) is 22.1 Å². The SMILES string of the molecule is COc1ccc(CN(c2nccs2)S(=O)(=O)c2cc(Cl)c(S[C@@H](C)c3ccccc3)cc2F)c(C)c1. The van der Waals surface area contributed by atoms with Crippen molar-refractivity contribution in [1.29, 1.82) is 0 Å². The molecule has 0 N–H and O–H groups in total. The van der Waals surface area contributed by atoms with Crippen LogP contribution in [0.25, 0.3) is 0 Å². The minimum Gasteiger partial charge on any atom is -0.497 e. The second kappa shape index (κ2) is 11.2. The van der Waals surface area contributed by atoms with Gasteiger partial charge in [0, 0.05) is 21.7 Å². The number of rotatable bonds is 9. The lowest BCUT2D eigenvalue weighted by Crippen LogP contribution is -2.31. The van der Waals surface area contributed by atoms with Crippen LogP contribution in [0.4, 0.5) is 9.52 Å². The van der Waals surface area contributed by atoms with E-state index in [4.69, 9.17) is 16.3 Å². The van der Waals surface area contributed by atoms with Crippen LogP contribution in [0.5, 0.6) is 5.75 Å². The molecule has 1 aromatic heterocycles. The summed E-state index contributed by atoms with van der Waals surface area (Å²) in [4.78, 5) is 4.17. The molecule has 0 radical (unpaired) electrons. The number of methoxy groups -OCH3 is 1. The maximum atomic E-state index is 15.4. The molecule has 0 amide bonds. The third-order valence-corrected chi connectivity index (χ3v) is 9.93. The highest BCUT2D eigenvalue weighted by Gasteiger charge is 2.31. The van der Waals surface area contributed by atoms with Gasteiger partial charge in [-0.2, -0.15) is 0 Å². The minimum absolute atomic E-state index is 0.00424. The molecule has 0 aliphatic rings. The van der Waals surface area contributed by atoms with Crippen LogP contribution in [0.1, 0.15) is 28.9 Å². The number of ether oxygens (including phenoxy) is 1. The fourth-order valence-electron chi connectivity index (χ4n) is 3.62. The molecular formula is C26H24ClFN2O3S3. The number of benzene rings is 3. The second-order valence-corrected chi connectivity index (χ2v) is 12.5. The molecule has 1 atom stereocenters. The highest BCUT2D eigenvalue weighted by Crippen LogP contribution is 2.41. The Bertz CT molecular complexity index is 1450. The number of hydrogen-bond acceptors (Lipinski definition) is 6. The van der Waals surface area contributed by atoms with Gasteiger partial charge in [0.05, 0.1) is 18.7 Å². The van der Waals surface area contributed by atoms with Crippen LogP contribution in [0.3, 0.4) is 0 Å². The van der Waals surface area contributed by atoms with Crippen molar-refractivity contribution in [2.24, 2.45) is 0 Å². The number of anilines is 1. The fourth-order valence-corrected chi connectivity index (χ4v) is 7.34. The Hall–Kier alpha value is -2.59. The van der Waals surface area contributed by atoms with Crippen LogP contribution in [-0.2, 0) is 16.6 Å². The van der Waals surface area contributed by atoms with Gasteiger partial charge in [-0.3, -0.25) is 0 Å². The molecule has 5 nitrogen and oxygen atoms in total. The number of sulfonamides is 1. The van der Waals surface area contributed by atoms with E-state index in [-0.39, 0.29) is 21.9 Å². The van der Waals surface area contributed by atoms with E-state index < -0.39 is 20.7 Å². The summed E-state index contributed by atoms with van der Waals surface area (Å²) in [6.45, 7) is 3.83. The second-order valence-electron chi connectivity index (χ2n) is 8.00. The zero-order valence-electron chi connectivity index (χ0n) is 19.8. The van der Waals surface area contributed by atoms with Crippen LogP contribution >= 0.6 is 34.7 Å². The van der Waals surface area contributed by atoms with Gasteiger partial charge in [0.15, 0.2) is 5.13 Å². The number of hydrogen-bond donors (Lipinski definition) is 0. The van der Waals surface area contributed by atoms with Gasteiger partial charge in [-0.15, -0.1) is 23.1 Å². The van der Waals surface area contributed by atoms with Crippen LogP contribution < -0.4 is 9.04 Å². The zero-order chi connectivity index (χ0) is 25.9. The van der Waals surface area contributed by atoms with Gasteiger partial charge in [0.25, 0.3) is 10.0 Å². The Morgan fingerprint density at radius 1 is 1.17 bits per heavy atom. The largest absolute Gasteiger partial charge is 0.497 e. The standard InChI is InChI=1S/C26H24ClFN2O3S3/c1-17-13-21(33-3)10-9-20(17)16-30(26-29-11-12-34-26)36(31,32)25-14-22(27)24(15-23(25)28)35-18(2)19-7-5-4-6-8-19/h4-15,18H,16H2,1-3H3/t18-/m0/s1. The highest BCUT2D eigenvalue weighted by atomic mass is 35.5. The van der Waals surface area contributed by atoms with Crippen molar-refractivity contribution in [2.45, 2.75) is 35.4 Å². The Balaban J connectivity index is 1.69. The normalized spacial score (nSPS) is 12.4. The van der Waals surface area contributed by atoms with E-state index in [1.165, 1.54) is 30.1 Å². The summed E-state index contributed by atoms with van der Waals surface area (Å²) in [5, 5.41) is 2.07. The monoisotopic (exact) mass is 562 g/mol. The summed E-state index contributed by atoms with van der Waals surface area (Å²) in [5.74, 6) is -0.203. The number of thiazole rings is 1. The first-order chi connectivity index (χ1) is 17.2. The average Bonchev–Trinajstić information content (AvgIpc) is 3.40.